The fourth-order valence-corrected chi connectivity index (χ4v) is 5.83. The summed E-state index contributed by atoms with van der Waals surface area (Å²) >= 11 is 0.482. The normalized spacial score (nSPS) is 27.1. The van der Waals surface area contributed by atoms with Crippen LogP contribution in [0.15, 0.2) is 41.6 Å². The van der Waals surface area contributed by atoms with Crippen LogP contribution in [-0.4, -0.2) is 61.8 Å². The van der Waals surface area contributed by atoms with Crippen molar-refractivity contribution in [3.8, 4) is 28.1 Å². The van der Waals surface area contributed by atoms with Gasteiger partial charge in [-0.05, 0) is 67.6 Å². The Bertz CT molecular complexity index is 1360. The molecule has 2 saturated heterocycles. The predicted octanol–water partition coefficient (Wildman–Crippen LogP) is 4.76. The van der Waals surface area contributed by atoms with Gasteiger partial charge in [0.2, 0.25) is 11.9 Å². The standard InChI is InChI=1S/C26H28F2N6OS/c1-36-24-11-15(10-23(27)31-24)14-5-8-18(22(35)9-14)20-13-29-26(33-32-20)34(17-6-7-17)21-12-16-3-2-4-19(30-16)25(21)28/h5,8-11,13,16-17,19,21,25,30,35H,2-4,6-7,12H2,1H3/t16-,19-,21-,25+/m0/s1/i1D3. The lowest BCUT2D eigenvalue weighted by Gasteiger charge is -2.46. The van der Waals surface area contributed by atoms with Gasteiger partial charge in [-0.1, -0.05) is 12.5 Å². The summed E-state index contributed by atoms with van der Waals surface area (Å²) in [7, 11) is 0. The molecule has 1 aromatic carbocycles. The first-order valence-corrected chi connectivity index (χ1v) is 13.0. The fraction of sp³-hybridized carbons (Fsp3) is 0.462. The van der Waals surface area contributed by atoms with Crippen LogP contribution in [0, 0.1) is 5.95 Å². The predicted molar refractivity (Wildman–Crippen MR) is 135 cm³/mol. The number of pyridine rings is 1. The lowest BCUT2D eigenvalue weighted by Crippen LogP contribution is -2.62. The highest BCUT2D eigenvalue weighted by atomic mass is 32.2. The summed E-state index contributed by atoms with van der Waals surface area (Å²) < 4.78 is 51.7. The van der Waals surface area contributed by atoms with Crippen LogP contribution in [0.4, 0.5) is 14.7 Å². The molecule has 2 N–H and O–H groups in total. The highest BCUT2D eigenvalue weighted by molar-refractivity contribution is 7.98. The molecule has 0 amide bonds. The van der Waals surface area contributed by atoms with Gasteiger partial charge < -0.3 is 15.3 Å². The third-order valence-corrected chi connectivity index (χ3v) is 7.77. The molecule has 3 fully saturated rings. The highest BCUT2D eigenvalue weighted by Crippen LogP contribution is 2.39. The molecule has 36 heavy (non-hydrogen) atoms. The van der Waals surface area contributed by atoms with Crippen LogP contribution < -0.4 is 10.2 Å². The van der Waals surface area contributed by atoms with E-state index < -0.39 is 18.3 Å². The number of thioether (sulfide) groups is 1. The van der Waals surface area contributed by atoms with Gasteiger partial charge in [0.15, 0.2) is 0 Å². The minimum absolute atomic E-state index is 0.0207. The van der Waals surface area contributed by atoms with E-state index in [1.54, 1.807) is 12.1 Å². The first kappa shape index (κ1) is 20.2. The van der Waals surface area contributed by atoms with E-state index in [1.165, 1.54) is 24.4 Å². The molecule has 2 aliphatic heterocycles. The summed E-state index contributed by atoms with van der Waals surface area (Å²) in [6, 6.07) is 7.46. The van der Waals surface area contributed by atoms with Crippen LogP contribution in [0.3, 0.4) is 0 Å². The van der Waals surface area contributed by atoms with Crippen molar-refractivity contribution >= 4 is 17.7 Å². The maximum atomic E-state index is 15.5. The second kappa shape index (κ2) is 9.55. The van der Waals surface area contributed by atoms with E-state index in [0.29, 0.717) is 52.6 Å². The number of hydrogen-bond donors (Lipinski definition) is 2. The largest absolute Gasteiger partial charge is 0.507 e. The van der Waals surface area contributed by atoms with Crippen molar-refractivity contribution in [1.82, 2.24) is 25.5 Å². The Morgan fingerprint density at radius 3 is 2.78 bits per heavy atom. The van der Waals surface area contributed by atoms with Crippen LogP contribution in [0.5, 0.6) is 5.75 Å². The quantitative estimate of drug-likeness (QED) is 0.361. The summed E-state index contributed by atoms with van der Waals surface area (Å²) in [5.74, 6) is -0.536. The average molecular weight is 514 g/mol. The Morgan fingerprint density at radius 1 is 1.14 bits per heavy atom. The highest BCUT2D eigenvalue weighted by Gasteiger charge is 2.47. The molecule has 3 aromatic rings. The zero-order chi connectivity index (χ0) is 27.3. The van der Waals surface area contributed by atoms with Crippen LogP contribution in [0.25, 0.3) is 22.4 Å². The molecule has 7 nitrogen and oxygen atoms in total. The molecule has 4 heterocycles. The van der Waals surface area contributed by atoms with Crippen molar-refractivity contribution in [3.63, 3.8) is 0 Å². The smallest absolute Gasteiger partial charge is 0.245 e. The molecule has 2 aromatic heterocycles. The van der Waals surface area contributed by atoms with Gasteiger partial charge in [-0.3, -0.25) is 0 Å². The Hall–Kier alpha value is -2.85. The number of piperidine rings is 2. The Morgan fingerprint density at radius 2 is 2.03 bits per heavy atom. The Labute approximate surface area is 217 Å². The van der Waals surface area contributed by atoms with Crippen LogP contribution >= 0.6 is 11.8 Å². The molecular weight excluding hydrogens is 482 g/mol. The van der Waals surface area contributed by atoms with E-state index in [0.717, 1.165) is 32.1 Å². The number of alkyl halides is 1. The van der Waals surface area contributed by atoms with Gasteiger partial charge >= 0.3 is 0 Å². The number of anilines is 1. The van der Waals surface area contributed by atoms with Crippen molar-refractivity contribution in [1.29, 1.82) is 0 Å². The Balaban J connectivity index is 1.24. The van der Waals surface area contributed by atoms with Gasteiger partial charge in [0.1, 0.15) is 17.6 Å². The van der Waals surface area contributed by atoms with Gasteiger partial charge in [-0.15, -0.1) is 22.0 Å². The summed E-state index contributed by atoms with van der Waals surface area (Å²) in [5.41, 5.74) is 1.59. The maximum Gasteiger partial charge on any atom is 0.245 e. The van der Waals surface area contributed by atoms with Crippen molar-refractivity contribution in [3.05, 3.63) is 42.5 Å². The molecule has 3 aliphatic rings. The minimum Gasteiger partial charge on any atom is -0.507 e. The molecule has 2 bridgehead atoms. The van der Waals surface area contributed by atoms with Crippen molar-refractivity contribution in [2.24, 2.45) is 0 Å². The summed E-state index contributed by atoms with van der Waals surface area (Å²) in [6.07, 6.45) is 3.76. The number of benzene rings is 1. The molecule has 188 valence electrons. The molecule has 1 aliphatic carbocycles. The molecular formula is C26H28F2N6OS. The van der Waals surface area contributed by atoms with E-state index in [-0.39, 0.29) is 28.9 Å². The monoisotopic (exact) mass is 513 g/mol. The van der Waals surface area contributed by atoms with Crippen molar-refractivity contribution in [2.45, 2.75) is 73.9 Å². The van der Waals surface area contributed by atoms with Crippen LogP contribution in [0.2, 0.25) is 0 Å². The number of rotatable bonds is 6. The van der Waals surface area contributed by atoms with Gasteiger partial charge in [0, 0.05) is 33.9 Å². The van der Waals surface area contributed by atoms with Crippen LogP contribution in [0.1, 0.15) is 42.6 Å². The molecule has 0 unspecified atom stereocenters. The summed E-state index contributed by atoms with van der Waals surface area (Å²) in [6.45, 7) is 0. The minimum atomic E-state index is -2.37. The lowest BCUT2D eigenvalue weighted by atomic mass is 9.82. The summed E-state index contributed by atoms with van der Waals surface area (Å²) in [4.78, 5) is 10.2. The third-order valence-electron chi connectivity index (χ3n) is 7.36. The zero-order valence-electron chi connectivity index (χ0n) is 22.4. The van der Waals surface area contributed by atoms with Gasteiger partial charge in [0.25, 0.3) is 0 Å². The summed E-state index contributed by atoms with van der Waals surface area (Å²) in [5, 5.41) is 22.9. The SMILES string of the molecule is [2H]C([2H])([2H])Sc1cc(-c2ccc(-c3cnc(N(C4CC4)[C@H]4C[C@@H]5CCC[C@H](N5)[C@H]4F)nn3)c(O)c2)cc(F)n1. The van der Waals surface area contributed by atoms with Crippen LogP contribution in [-0.2, 0) is 0 Å². The van der Waals surface area contributed by atoms with Gasteiger partial charge in [0.05, 0.1) is 17.3 Å². The number of nitrogens with zero attached hydrogens (tertiary/aromatic N) is 5. The number of fused-ring (bicyclic) bond motifs is 2. The van der Waals surface area contributed by atoms with E-state index in [1.807, 2.05) is 4.90 Å². The van der Waals surface area contributed by atoms with Gasteiger partial charge in [-0.2, -0.15) is 4.39 Å². The van der Waals surface area contributed by atoms with E-state index in [4.69, 9.17) is 4.11 Å². The second-order valence-electron chi connectivity index (χ2n) is 9.78. The second-order valence-corrected chi connectivity index (χ2v) is 10.4. The first-order valence-electron chi connectivity index (χ1n) is 13.7. The lowest BCUT2D eigenvalue weighted by molar-refractivity contribution is 0.103. The van der Waals surface area contributed by atoms with Crippen molar-refractivity contribution in [2.75, 3.05) is 11.1 Å². The zero-order valence-corrected chi connectivity index (χ0v) is 20.3. The number of phenolic OH excluding ortho intramolecular Hbond substituents is 1. The maximum absolute atomic E-state index is 15.5. The van der Waals surface area contributed by atoms with Gasteiger partial charge in [-0.25, -0.2) is 14.4 Å². The fourth-order valence-electron chi connectivity index (χ4n) is 5.51. The number of hydrogen-bond acceptors (Lipinski definition) is 8. The first-order chi connectivity index (χ1) is 18.6. The topological polar surface area (TPSA) is 87.1 Å². The number of aromatic hydroxyl groups is 1. The third kappa shape index (κ3) is 4.52. The molecule has 10 heteroatoms. The van der Waals surface area contributed by atoms with Crippen molar-refractivity contribution < 1.29 is 18.0 Å². The van der Waals surface area contributed by atoms with E-state index >= 15 is 4.39 Å². The Kier molecular flexibility index (Phi) is 5.37. The molecule has 6 rings (SSSR count). The molecule has 0 radical (unpaired) electrons. The number of nitrogens with one attached hydrogen (secondary N) is 1. The molecule has 0 spiro atoms. The molecule has 4 atom stereocenters. The molecule has 1 saturated carbocycles. The number of halogens is 2. The van der Waals surface area contributed by atoms with E-state index in [2.05, 4.69) is 25.5 Å². The number of phenols is 1. The number of aromatic nitrogens is 4. The average Bonchev–Trinajstić information content (AvgIpc) is 3.72. The van der Waals surface area contributed by atoms with E-state index in [9.17, 15) is 9.50 Å².